The maximum Gasteiger partial charge on any atom is 0.259 e. The summed E-state index contributed by atoms with van der Waals surface area (Å²) >= 11 is 0. The highest BCUT2D eigenvalue weighted by Crippen LogP contribution is 2.25. The smallest absolute Gasteiger partial charge is 0.259 e. The van der Waals surface area contributed by atoms with Gasteiger partial charge in [0.15, 0.2) is 0 Å². The molecule has 0 fully saturated rings. The fourth-order valence-corrected chi connectivity index (χ4v) is 4.73. The van der Waals surface area contributed by atoms with Gasteiger partial charge in [0, 0.05) is 51.4 Å². The molecule has 1 aliphatic heterocycles. The molecule has 0 bridgehead atoms. The molecule has 0 saturated heterocycles. The Kier molecular flexibility index (Phi) is 7.88. The number of aryl methyl sites for hydroxylation is 1. The summed E-state index contributed by atoms with van der Waals surface area (Å²) in [5.41, 5.74) is 4.80. The maximum atomic E-state index is 13.6. The molecule has 0 atom stereocenters. The molecule has 0 N–H and O–H groups in total. The van der Waals surface area contributed by atoms with E-state index in [-0.39, 0.29) is 18.0 Å². The second kappa shape index (κ2) is 11.1. The monoisotopic (exact) mass is 493 g/mol. The zero-order chi connectivity index (χ0) is 25.8. The Balaban J connectivity index is 1.55. The summed E-state index contributed by atoms with van der Waals surface area (Å²) in [5.74, 6) is 0.697. The first kappa shape index (κ1) is 25.6. The molecular weight excluding hydrogens is 458 g/mol. The van der Waals surface area contributed by atoms with Crippen LogP contribution in [-0.2, 0) is 32.5 Å². The van der Waals surface area contributed by atoms with E-state index in [2.05, 4.69) is 53.3 Å². The number of carbonyl (C=O) groups excluding carboxylic acids is 1. The molecule has 1 amide bonds. The minimum absolute atomic E-state index is 0.155. The lowest BCUT2D eigenvalue weighted by molar-refractivity contribution is 0.0776. The summed E-state index contributed by atoms with van der Waals surface area (Å²) in [7, 11) is 3.18. The molecule has 4 rings (SSSR count). The van der Waals surface area contributed by atoms with E-state index >= 15 is 0 Å². The molecule has 3 aromatic rings. The van der Waals surface area contributed by atoms with Crippen LogP contribution in [0.3, 0.4) is 0 Å². The van der Waals surface area contributed by atoms with E-state index in [9.17, 15) is 9.59 Å². The fourth-order valence-electron chi connectivity index (χ4n) is 4.73. The van der Waals surface area contributed by atoms with Crippen molar-refractivity contribution in [1.82, 2.24) is 24.7 Å². The van der Waals surface area contributed by atoms with E-state index in [1.165, 1.54) is 24.3 Å². The van der Waals surface area contributed by atoms with Gasteiger partial charge in [0.2, 0.25) is 0 Å². The first-order valence-electron chi connectivity index (χ1n) is 12.4. The standard InChI is InChI=1S/C27H35N5O4/c1-18(2)14-20-6-8-21(9-7-20)16-31-11-10-23-26(24(35-5)15-25(33)32(23)13-12-31)27(34)30(4)17-22-19(3)28-36-29-22/h6-9,15,18H,10-14,16-17H2,1-5H3. The highest BCUT2D eigenvalue weighted by atomic mass is 16.6. The van der Waals surface area contributed by atoms with E-state index in [0.29, 0.717) is 47.3 Å². The number of rotatable bonds is 8. The molecule has 9 heteroatoms. The van der Waals surface area contributed by atoms with Gasteiger partial charge in [-0.1, -0.05) is 48.4 Å². The Morgan fingerprint density at radius 1 is 1.14 bits per heavy atom. The third-order valence-corrected chi connectivity index (χ3v) is 6.67. The lowest BCUT2D eigenvalue weighted by atomic mass is 10.0. The van der Waals surface area contributed by atoms with Gasteiger partial charge in [-0.2, -0.15) is 0 Å². The van der Waals surface area contributed by atoms with Crippen molar-refractivity contribution in [1.29, 1.82) is 0 Å². The second-order valence-corrected chi connectivity index (χ2v) is 9.92. The predicted molar refractivity (Wildman–Crippen MR) is 136 cm³/mol. The second-order valence-electron chi connectivity index (χ2n) is 9.92. The van der Waals surface area contributed by atoms with Gasteiger partial charge in [0.1, 0.15) is 22.7 Å². The van der Waals surface area contributed by atoms with E-state index in [4.69, 9.17) is 9.37 Å². The van der Waals surface area contributed by atoms with Crippen LogP contribution in [0.4, 0.5) is 0 Å². The quantitative estimate of drug-likeness (QED) is 0.476. The van der Waals surface area contributed by atoms with Crippen molar-refractivity contribution in [2.45, 2.75) is 53.2 Å². The van der Waals surface area contributed by atoms with Crippen molar-refractivity contribution in [2.75, 3.05) is 27.2 Å². The molecule has 1 aliphatic rings. The summed E-state index contributed by atoms with van der Waals surface area (Å²) in [4.78, 5) is 30.4. The van der Waals surface area contributed by atoms with Crippen LogP contribution in [0.15, 0.2) is 39.8 Å². The van der Waals surface area contributed by atoms with Crippen molar-refractivity contribution in [3.8, 4) is 5.75 Å². The zero-order valence-electron chi connectivity index (χ0n) is 21.8. The van der Waals surface area contributed by atoms with Crippen LogP contribution in [0.5, 0.6) is 5.75 Å². The first-order chi connectivity index (χ1) is 17.3. The number of nitrogens with zero attached hydrogens (tertiary/aromatic N) is 5. The molecule has 0 saturated carbocycles. The molecule has 2 aromatic heterocycles. The predicted octanol–water partition coefficient (Wildman–Crippen LogP) is 3.08. The van der Waals surface area contributed by atoms with Crippen molar-refractivity contribution < 1.29 is 14.2 Å². The average molecular weight is 494 g/mol. The average Bonchev–Trinajstić information content (AvgIpc) is 3.13. The van der Waals surface area contributed by atoms with Crippen molar-refractivity contribution >= 4 is 5.91 Å². The lowest BCUT2D eigenvalue weighted by Crippen LogP contribution is -2.32. The number of hydrogen-bond acceptors (Lipinski definition) is 7. The van der Waals surface area contributed by atoms with E-state index in [1.807, 2.05) is 0 Å². The number of amides is 1. The number of pyridine rings is 1. The fraction of sp³-hybridized carbons (Fsp3) is 0.481. The summed E-state index contributed by atoms with van der Waals surface area (Å²) in [6.07, 6.45) is 1.64. The minimum atomic E-state index is -0.229. The Hall–Kier alpha value is -3.46. The Morgan fingerprint density at radius 3 is 2.50 bits per heavy atom. The number of aromatic nitrogens is 3. The van der Waals surface area contributed by atoms with Gasteiger partial charge in [-0.25, -0.2) is 4.63 Å². The highest BCUT2D eigenvalue weighted by molar-refractivity contribution is 5.98. The number of hydrogen-bond donors (Lipinski definition) is 0. The van der Waals surface area contributed by atoms with Crippen LogP contribution in [-0.4, -0.2) is 57.8 Å². The number of methoxy groups -OCH3 is 1. The van der Waals surface area contributed by atoms with Crippen molar-refractivity contribution in [3.05, 3.63) is 74.5 Å². The summed E-state index contributed by atoms with van der Waals surface area (Å²) in [6.45, 7) is 9.24. The highest BCUT2D eigenvalue weighted by Gasteiger charge is 2.28. The third-order valence-electron chi connectivity index (χ3n) is 6.67. The van der Waals surface area contributed by atoms with Crippen LogP contribution < -0.4 is 10.3 Å². The number of ether oxygens (including phenoxy) is 1. The molecule has 36 heavy (non-hydrogen) atoms. The van der Waals surface area contributed by atoms with E-state index in [0.717, 1.165) is 26.1 Å². The minimum Gasteiger partial charge on any atom is -0.496 e. The Bertz CT molecular complexity index is 1260. The molecule has 0 spiro atoms. The van der Waals surface area contributed by atoms with E-state index < -0.39 is 0 Å². The summed E-state index contributed by atoms with van der Waals surface area (Å²) in [5, 5.41) is 7.68. The Labute approximate surface area is 211 Å². The van der Waals surface area contributed by atoms with Crippen LogP contribution in [0.25, 0.3) is 0 Å². The summed E-state index contributed by atoms with van der Waals surface area (Å²) < 4.78 is 12.0. The number of fused-ring (bicyclic) bond motifs is 1. The van der Waals surface area contributed by atoms with Crippen LogP contribution in [0.2, 0.25) is 0 Å². The van der Waals surface area contributed by atoms with Crippen molar-refractivity contribution in [3.63, 3.8) is 0 Å². The maximum absolute atomic E-state index is 13.6. The Morgan fingerprint density at radius 2 is 1.86 bits per heavy atom. The topological polar surface area (TPSA) is 93.7 Å². The zero-order valence-corrected chi connectivity index (χ0v) is 21.8. The summed E-state index contributed by atoms with van der Waals surface area (Å²) in [6, 6.07) is 10.2. The number of benzene rings is 1. The number of carbonyl (C=O) groups is 1. The van der Waals surface area contributed by atoms with Gasteiger partial charge in [0.05, 0.1) is 13.7 Å². The van der Waals surface area contributed by atoms with Gasteiger partial charge < -0.3 is 14.2 Å². The normalized spacial score (nSPS) is 13.9. The third kappa shape index (κ3) is 5.67. The van der Waals surface area contributed by atoms with Gasteiger partial charge in [-0.3, -0.25) is 14.5 Å². The van der Waals surface area contributed by atoms with Gasteiger partial charge in [-0.15, -0.1) is 0 Å². The molecule has 0 unspecified atom stereocenters. The van der Waals surface area contributed by atoms with Gasteiger partial charge >= 0.3 is 0 Å². The molecule has 9 nitrogen and oxygen atoms in total. The molecule has 1 aromatic carbocycles. The van der Waals surface area contributed by atoms with Gasteiger partial charge in [0.25, 0.3) is 11.5 Å². The molecule has 192 valence electrons. The van der Waals surface area contributed by atoms with Crippen LogP contribution in [0, 0.1) is 12.8 Å². The molecule has 0 aliphatic carbocycles. The lowest BCUT2D eigenvalue weighted by Gasteiger charge is -2.21. The van der Waals surface area contributed by atoms with Crippen molar-refractivity contribution in [2.24, 2.45) is 5.92 Å². The molecule has 0 radical (unpaired) electrons. The van der Waals surface area contributed by atoms with Crippen LogP contribution in [0.1, 0.15) is 52.4 Å². The largest absolute Gasteiger partial charge is 0.496 e. The first-order valence-corrected chi connectivity index (χ1v) is 12.4. The van der Waals surface area contributed by atoms with Crippen LogP contribution >= 0.6 is 0 Å². The molecular formula is C27H35N5O4. The SMILES string of the molecule is COc1cc(=O)n2c(c1C(=O)N(C)Cc1nonc1C)CCN(Cc1ccc(CC(C)C)cc1)CC2. The van der Waals surface area contributed by atoms with Gasteiger partial charge in [-0.05, 0) is 30.4 Å². The van der Waals surface area contributed by atoms with E-state index in [1.54, 1.807) is 23.4 Å². The molecule has 3 heterocycles.